The molecule has 0 fully saturated rings. The van der Waals surface area contributed by atoms with Crippen molar-refractivity contribution in [2.75, 3.05) is 20.6 Å². The Bertz CT molecular complexity index is 445. The highest BCUT2D eigenvalue weighted by molar-refractivity contribution is 5.75. The Morgan fingerprint density at radius 3 is 3.06 bits per heavy atom. The number of carbonyl (C=O) groups excluding carboxylic acids is 1. The topological polar surface area (TPSA) is 52.6 Å². The summed E-state index contributed by atoms with van der Waals surface area (Å²) in [6, 6.07) is 5.95. The van der Waals surface area contributed by atoms with Crippen LogP contribution in [0.2, 0.25) is 0 Å². The van der Waals surface area contributed by atoms with Crippen LogP contribution in [0.1, 0.15) is 30.0 Å². The lowest BCUT2D eigenvalue weighted by Gasteiger charge is -2.24. The number of hydrogen-bond acceptors (Lipinski definition) is 3. The number of carbonyl (C=O) groups is 1. The zero-order valence-corrected chi connectivity index (χ0v) is 10.9. The molecule has 0 saturated heterocycles. The van der Waals surface area contributed by atoms with Crippen molar-refractivity contribution in [3.05, 3.63) is 29.3 Å². The van der Waals surface area contributed by atoms with Gasteiger partial charge < -0.3 is 10.4 Å². The molecule has 0 heterocycles. The molecule has 2 rings (SSSR count). The third-order valence-corrected chi connectivity index (χ3v) is 3.68. The molecule has 18 heavy (non-hydrogen) atoms. The smallest absolute Gasteiger partial charge is 0.221 e. The van der Waals surface area contributed by atoms with Crippen molar-refractivity contribution < 1.29 is 9.90 Å². The number of phenolic OH excluding ortho intramolecular Hbond substituents is 1. The van der Waals surface area contributed by atoms with Crippen molar-refractivity contribution in [3.63, 3.8) is 0 Å². The fourth-order valence-corrected chi connectivity index (χ4v) is 2.60. The molecule has 0 aliphatic heterocycles. The van der Waals surface area contributed by atoms with Crippen molar-refractivity contribution in [1.29, 1.82) is 0 Å². The lowest BCUT2D eigenvalue weighted by Crippen LogP contribution is -2.28. The summed E-state index contributed by atoms with van der Waals surface area (Å²) >= 11 is 0. The number of fused-ring (bicyclic) bond motifs is 1. The van der Waals surface area contributed by atoms with Gasteiger partial charge in [-0.25, -0.2) is 0 Å². The van der Waals surface area contributed by atoms with Crippen molar-refractivity contribution in [3.8, 4) is 5.75 Å². The van der Waals surface area contributed by atoms with Gasteiger partial charge in [0.1, 0.15) is 5.75 Å². The van der Waals surface area contributed by atoms with E-state index in [0.29, 0.717) is 18.2 Å². The van der Waals surface area contributed by atoms with E-state index in [2.05, 4.69) is 17.3 Å². The van der Waals surface area contributed by atoms with Gasteiger partial charge in [0.25, 0.3) is 0 Å². The van der Waals surface area contributed by atoms with E-state index in [9.17, 15) is 9.90 Å². The molecule has 1 aliphatic rings. The van der Waals surface area contributed by atoms with Gasteiger partial charge in [0, 0.05) is 26.1 Å². The highest BCUT2D eigenvalue weighted by Crippen LogP contribution is 2.36. The number of nitrogens with one attached hydrogen (secondary N) is 1. The zero-order valence-electron chi connectivity index (χ0n) is 10.9. The fourth-order valence-electron chi connectivity index (χ4n) is 2.60. The predicted molar refractivity (Wildman–Crippen MR) is 70.5 cm³/mol. The molecule has 4 heteroatoms. The molecule has 4 nitrogen and oxygen atoms in total. The van der Waals surface area contributed by atoms with Crippen LogP contribution in [-0.2, 0) is 11.2 Å². The highest BCUT2D eigenvalue weighted by Gasteiger charge is 2.26. The third-order valence-electron chi connectivity index (χ3n) is 3.68. The Morgan fingerprint density at radius 2 is 2.33 bits per heavy atom. The molecule has 1 unspecified atom stereocenters. The van der Waals surface area contributed by atoms with E-state index in [1.807, 2.05) is 12.1 Å². The van der Waals surface area contributed by atoms with Crippen molar-refractivity contribution in [2.24, 2.45) is 0 Å². The van der Waals surface area contributed by atoms with E-state index < -0.39 is 0 Å². The van der Waals surface area contributed by atoms with E-state index in [0.717, 1.165) is 19.4 Å². The van der Waals surface area contributed by atoms with E-state index in [1.165, 1.54) is 11.1 Å². The molecule has 98 valence electrons. The molecule has 1 aromatic rings. The second-order valence-electron chi connectivity index (χ2n) is 4.84. The first-order chi connectivity index (χ1) is 8.61. The standard InChI is InChI=1S/C14H20N2O2/c1-15-14(18)7-8-16(2)13-6-3-10-9-11(17)4-5-12(10)13/h4-5,9,13,17H,3,6-8H2,1-2H3,(H,15,18). The number of rotatable bonds is 4. The van der Waals surface area contributed by atoms with Crippen molar-refractivity contribution in [1.82, 2.24) is 10.2 Å². The first-order valence-corrected chi connectivity index (χ1v) is 6.34. The Labute approximate surface area is 108 Å². The molecular weight excluding hydrogens is 228 g/mol. The summed E-state index contributed by atoms with van der Waals surface area (Å²) in [6.45, 7) is 0.755. The lowest BCUT2D eigenvalue weighted by atomic mass is 10.1. The quantitative estimate of drug-likeness (QED) is 0.848. The van der Waals surface area contributed by atoms with Gasteiger partial charge in [-0.15, -0.1) is 0 Å². The lowest BCUT2D eigenvalue weighted by molar-refractivity contribution is -0.121. The number of phenols is 1. The summed E-state index contributed by atoms with van der Waals surface area (Å²) in [5, 5.41) is 12.1. The first-order valence-electron chi connectivity index (χ1n) is 6.34. The highest BCUT2D eigenvalue weighted by atomic mass is 16.3. The van der Waals surface area contributed by atoms with Crippen molar-refractivity contribution >= 4 is 5.91 Å². The van der Waals surface area contributed by atoms with E-state index >= 15 is 0 Å². The number of nitrogens with zero attached hydrogens (tertiary/aromatic N) is 1. The summed E-state index contributed by atoms with van der Waals surface area (Å²) in [4.78, 5) is 13.5. The van der Waals surface area contributed by atoms with Crippen LogP contribution in [0.4, 0.5) is 0 Å². The Kier molecular flexibility index (Phi) is 3.87. The molecule has 2 N–H and O–H groups in total. The Balaban J connectivity index is 2.02. The van der Waals surface area contributed by atoms with Gasteiger partial charge in [-0.3, -0.25) is 9.69 Å². The molecule has 0 saturated carbocycles. The predicted octanol–water partition coefficient (Wildman–Crippen LogP) is 1.45. The monoisotopic (exact) mass is 248 g/mol. The third kappa shape index (κ3) is 2.64. The van der Waals surface area contributed by atoms with Gasteiger partial charge in [-0.1, -0.05) is 6.07 Å². The molecule has 0 spiro atoms. The van der Waals surface area contributed by atoms with Crippen LogP contribution in [0.25, 0.3) is 0 Å². The van der Waals surface area contributed by atoms with Gasteiger partial charge in [0.2, 0.25) is 5.91 Å². The Morgan fingerprint density at radius 1 is 1.56 bits per heavy atom. The van der Waals surface area contributed by atoms with Crippen molar-refractivity contribution in [2.45, 2.75) is 25.3 Å². The molecule has 1 atom stereocenters. The van der Waals surface area contributed by atoms with E-state index in [1.54, 1.807) is 13.1 Å². The van der Waals surface area contributed by atoms with Gasteiger partial charge in [-0.2, -0.15) is 0 Å². The SMILES string of the molecule is CNC(=O)CCN(C)C1CCc2cc(O)ccc21. The second-order valence-corrected chi connectivity index (χ2v) is 4.84. The average Bonchev–Trinajstić information content (AvgIpc) is 2.78. The minimum absolute atomic E-state index is 0.0748. The van der Waals surface area contributed by atoms with Crippen LogP contribution in [0.15, 0.2) is 18.2 Å². The van der Waals surface area contributed by atoms with E-state index in [4.69, 9.17) is 0 Å². The van der Waals surface area contributed by atoms with Gasteiger partial charge in [0.15, 0.2) is 0 Å². The summed E-state index contributed by atoms with van der Waals surface area (Å²) < 4.78 is 0. The van der Waals surface area contributed by atoms with Crippen LogP contribution < -0.4 is 5.32 Å². The molecule has 0 aromatic heterocycles. The molecule has 1 amide bonds. The summed E-state index contributed by atoms with van der Waals surface area (Å²) in [7, 11) is 3.71. The summed E-state index contributed by atoms with van der Waals surface area (Å²) in [5.41, 5.74) is 2.51. The molecule has 0 bridgehead atoms. The zero-order chi connectivity index (χ0) is 13.1. The van der Waals surface area contributed by atoms with Crippen LogP contribution in [0.3, 0.4) is 0 Å². The summed E-state index contributed by atoms with van der Waals surface area (Å²) in [6.07, 6.45) is 2.58. The molecule has 0 radical (unpaired) electrons. The normalized spacial score (nSPS) is 17.8. The van der Waals surface area contributed by atoms with Crippen LogP contribution in [0, 0.1) is 0 Å². The minimum atomic E-state index is 0.0748. The minimum Gasteiger partial charge on any atom is -0.508 e. The number of amides is 1. The maximum absolute atomic E-state index is 11.3. The van der Waals surface area contributed by atoms with Gasteiger partial charge in [0.05, 0.1) is 0 Å². The van der Waals surface area contributed by atoms with Crippen LogP contribution in [0.5, 0.6) is 5.75 Å². The van der Waals surface area contributed by atoms with Gasteiger partial charge >= 0.3 is 0 Å². The van der Waals surface area contributed by atoms with Gasteiger partial charge in [-0.05, 0) is 43.1 Å². The largest absolute Gasteiger partial charge is 0.508 e. The average molecular weight is 248 g/mol. The number of aryl methyl sites for hydroxylation is 1. The maximum Gasteiger partial charge on any atom is 0.221 e. The van der Waals surface area contributed by atoms with E-state index in [-0.39, 0.29) is 5.91 Å². The van der Waals surface area contributed by atoms with Crippen LogP contribution >= 0.6 is 0 Å². The number of hydrogen-bond donors (Lipinski definition) is 2. The number of benzene rings is 1. The molecule has 1 aliphatic carbocycles. The first kappa shape index (κ1) is 12.9. The molecular formula is C14H20N2O2. The molecule has 1 aromatic carbocycles. The number of aromatic hydroxyl groups is 1. The van der Waals surface area contributed by atoms with Crippen LogP contribution in [-0.4, -0.2) is 36.6 Å². The second kappa shape index (κ2) is 5.40. The Hall–Kier alpha value is -1.55. The maximum atomic E-state index is 11.3. The summed E-state index contributed by atoms with van der Waals surface area (Å²) in [5.74, 6) is 0.410. The fraction of sp³-hybridized carbons (Fsp3) is 0.500.